The first-order valence-electron chi connectivity index (χ1n) is 6.83. The van der Waals surface area contributed by atoms with Crippen molar-refractivity contribution in [1.29, 1.82) is 0 Å². The Balaban J connectivity index is 2.00. The van der Waals surface area contributed by atoms with Gasteiger partial charge in [0.05, 0.1) is 0 Å². The van der Waals surface area contributed by atoms with Gasteiger partial charge in [0.2, 0.25) is 5.88 Å². The van der Waals surface area contributed by atoms with Gasteiger partial charge in [-0.05, 0) is 31.4 Å². The average Bonchev–Trinajstić information content (AvgIpc) is 2.47. The van der Waals surface area contributed by atoms with E-state index in [-0.39, 0.29) is 10.8 Å². The Hall–Kier alpha value is -2.40. The van der Waals surface area contributed by atoms with Gasteiger partial charge in [-0.1, -0.05) is 42.0 Å². The van der Waals surface area contributed by atoms with Crippen molar-refractivity contribution < 1.29 is 12.6 Å². The van der Waals surface area contributed by atoms with Gasteiger partial charge in [-0.25, -0.2) is 4.98 Å². The highest BCUT2D eigenvalue weighted by atomic mass is 32.2. The summed E-state index contributed by atoms with van der Waals surface area (Å²) in [7, 11) is -3.88. The first kappa shape index (κ1) is 14.5. The molecule has 1 heterocycles. The van der Waals surface area contributed by atoms with Crippen molar-refractivity contribution in [3.63, 3.8) is 0 Å². The van der Waals surface area contributed by atoms with Crippen LogP contribution in [-0.2, 0) is 10.1 Å². The van der Waals surface area contributed by atoms with Gasteiger partial charge in [0.15, 0.2) is 0 Å². The van der Waals surface area contributed by atoms with Gasteiger partial charge >= 0.3 is 10.1 Å². The molecule has 3 rings (SSSR count). The summed E-state index contributed by atoms with van der Waals surface area (Å²) < 4.78 is 29.8. The molecule has 0 aliphatic heterocycles. The maximum atomic E-state index is 12.3. The molecular formula is C17H15NO3S. The standard InChI is InChI=1S/C17H15NO3S/c1-12-7-9-15(10-8-12)22(19,20)21-17-11-14-5-3-4-6-16(14)13(2)18-17/h3-11H,1-2H3. The highest BCUT2D eigenvalue weighted by Crippen LogP contribution is 2.24. The number of rotatable bonds is 3. The van der Waals surface area contributed by atoms with Crippen molar-refractivity contribution in [2.75, 3.05) is 0 Å². The van der Waals surface area contributed by atoms with Crippen molar-refractivity contribution in [3.8, 4) is 5.88 Å². The second-order valence-corrected chi connectivity index (χ2v) is 6.66. The van der Waals surface area contributed by atoms with Gasteiger partial charge in [-0.2, -0.15) is 8.42 Å². The summed E-state index contributed by atoms with van der Waals surface area (Å²) >= 11 is 0. The van der Waals surface area contributed by atoms with Crippen LogP contribution in [-0.4, -0.2) is 13.4 Å². The molecule has 0 N–H and O–H groups in total. The van der Waals surface area contributed by atoms with Gasteiger partial charge in [-0.3, -0.25) is 0 Å². The lowest BCUT2D eigenvalue weighted by Crippen LogP contribution is -2.11. The van der Waals surface area contributed by atoms with Crippen molar-refractivity contribution in [2.24, 2.45) is 0 Å². The highest BCUT2D eigenvalue weighted by molar-refractivity contribution is 7.87. The van der Waals surface area contributed by atoms with Crippen LogP contribution in [0.3, 0.4) is 0 Å². The van der Waals surface area contributed by atoms with Crippen molar-refractivity contribution in [3.05, 3.63) is 65.9 Å². The Kier molecular flexibility index (Phi) is 3.58. The summed E-state index contributed by atoms with van der Waals surface area (Å²) in [4.78, 5) is 4.34. The van der Waals surface area contributed by atoms with Crippen LogP contribution in [0.25, 0.3) is 10.8 Å². The molecule has 112 valence electrons. The van der Waals surface area contributed by atoms with Gasteiger partial charge < -0.3 is 4.18 Å². The molecule has 4 nitrogen and oxygen atoms in total. The fraction of sp³-hybridized carbons (Fsp3) is 0.118. The molecule has 0 amide bonds. The molecule has 2 aromatic carbocycles. The molecule has 0 bridgehead atoms. The minimum Gasteiger partial charge on any atom is -0.358 e. The Morgan fingerprint density at radius 2 is 1.64 bits per heavy atom. The molecule has 0 unspecified atom stereocenters. The lowest BCUT2D eigenvalue weighted by molar-refractivity contribution is 0.476. The van der Waals surface area contributed by atoms with E-state index in [9.17, 15) is 8.42 Å². The number of hydrogen-bond donors (Lipinski definition) is 0. The summed E-state index contributed by atoms with van der Waals surface area (Å²) in [5.41, 5.74) is 1.71. The Bertz CT molecular complexity index is 932. The number of fused-ring (bicyclic) bond motifs is 1. The van der Waals surface area contributed by atoms with Crippen LogP contribution >= 0.6 is 0 Å². The zero-order valence-corrected chi connectivity index (χ0v) is 13.1. The van der Waals surface area contributed by atoms with E-state index >= 15 is 0 Å². The van der Waals surface area contributed by atoms with E-state index in [1.54, 1.807) is 18.2 Å². The number of aromatic nitrogens is 1. The molecule has 5 heteroatoms. The lowest BCUT2D eigenvalue weighted by atomic mass is 10.1. The number of pyridine rings is 1. The first-order chi connectivity index (χ1) is 10.5. The minimum absolute atomic E-state index is 0.0803. The number of aryl methyl sites for hydroxylation is 2. The van der Waals surface area contributed by atoms with Gasteiger partial charge in [0.1, 0.15) is 4.90 Å². The molecule has 1 aromatic heterocycles. The van der Waals surface area contributed by atoms with Crippen molar-refractivity contribution in [2.45, 2.75) is 18.7 Å². The van der Waals surface area contributed by atoms with Gasteiger partial charge in [0.25, 0.3) is 0 Å². The summed E-state index contributed by atoms with van der Waals surface area (Å²) in [6, 6.07) is 15.8. The maximum Gasteiger partial charge on any atom is 0.340 e. The smallest absolute Gasteiger partial charge is 0.340 e. The lowest BCUT2D eigenvalue weighted by Gasteiger charge is -2.09. The number of nitrogens with zero attached hydrogens (tertiary/aromatic N) is 1. The second kappa shape index (κ2) is 5.42. The first-order valence-corrected chi connectivity index (χ1v) is 8.24. The zero-order valence-electron chi connectivity index (χ0n) is 12.3. The van der Waals surface area contributed by atoms with E-state index in [1.807, 2.05) is 38.1 Å². The normalized spacial score (nSPS) is 11.5. The molecular weight excluding hydrogens is 298 g/mol. The third-order valence-electron chi connectivity index (χ3n) is 3.41. The molecule has 0 atom stereocenters. The van der Waals surface area contributed by atoms with E-state index < -0.39 is 10.1 Å². The van der Waals surface area contributed by atoms with E-state index in [4.69, 9.17) is 4.18 Å². The monoisotopic (exact) mass is 313 g/mol. The van der Waals surface area contributed by atoms with Crippen LogP contribution in [0, 0.1) is 13.8 Å². The fourth-order valence-corrected chi connectivity index (χ4v) is 3.13. The highest BCUT2D eigenvalue weighted by Gasteiger charge is 2.17. The summed E-state index contributed by atoms with van der Waals surface area (Å²) in [5.74, 6) is 0.0803. The predicted molar refractivity (Wildman–Crippen MR) is 85.5 cm³/mol. The Labute approximate surface area is 129 Å². The second-order valence-electron chi connectivity index (χ2n) is 5.12. The van der Waals surface area contributed by atoms with E-state index in [2.05, 4.69) is 4.98 Å². The molecule has 0 spiro atoms. The van der Waals surface area contributed by atoms with Crippen LogP contribution in [0.1, 0.15) is 11.3 Å². The topological polar surface area (TPSA) is 56.3 Å². The van der Waals surface area contributed by atoms with Gasteiger partial charge in [0, 0.05) is 17.1 Å². The molecule has 0 radical (unpaired) electrons. The van der Waals surface area contributed by atoms with Crippen LogP contribution in [0.4, 0.5) is 0 Å². The Morgan fingerprint density at radius 3 is 2.36 bits per heavy atom. The molecule has 22 heavy (non-hydrogen) atoms. The maximum absolute atomic E-state index is 12.3. The SMILES string of the molecule is Cc1ccc(S(=O)(=O)Oc2cc3ccccc3c(C)n2)cc1. The largest absolute Gasteiger partial charge is 0.358 e. The predicted octanol–water partition coefficient (Wildman–Crippen LogP) is 3.62. The summed E-state index contributed by atoms with van der Waals surface area (Å²) in [5, 5.41) is 1.87. The van der Waals surface area contributed by atoms with Crippen molar-refractivity contribution >= 4 is 20.9 Å². The van der Waals surface area contributed by atoms with Crippen LogP contribution < -0.4 is 4.18 Å². The molecule has 3 aromatic rings. The van der Waals surface area contributed by atoms with E-state index in [0.717, 1.165) is 22.0 Å². The van der Waals surface area contributed by atoms with Crippen LogP contribution in [0.15, 0.2) is 59.5 Å². The van der Waals surface area contributed by atoms with Gasteiger partial charge in [-0.15, -0.1) is 0 Å². The van der Waals surface area contributed by atoms with Crippen LogP contribution in [0.2, 0.25) is 0 Å². The molecule has 0 saturated carbocycles. The van der Waals surface area contributed by atoms with E-state index in [0.29, 0.717) is 0 Å². The molecule has 0 saturated heterocycles. The quantitative estimate of drug-likeness (QED) is 0.693. The van der Waals surface area contributed by atoms with Crippen molar-refractivity contribution in [1.82, 2.24) is 4.98 Å². The minimum atomic E-state index is -3.88. The average molecular weight is 313 g/mol. The third-order valence-corrected chi connectivity index (χ3v) is 4.65. The molecule has 0 aliphatic rings. The molecule has 0 aliphatic carbocycles. The number of hydrogen-bond acceptors (Lipinski definition) is 4. The third kappa shape index (κ3) is 2.80. The Morgan fingerprint density at radius 1 is 0.955 bits per heavy atom. The molecule has 0 fully saturated rings. The summed E-state index contributed by atoms with van der Waals surface area (Å²) in [6.07, 6.45) is 0. The fourth-order valence-electron chi connectivity index (χ4n) is 2.25. The summed E-state index contributed by atoms with van der Waals surface area (Å²) in [6.45, 7) is 3.72. The number of benzene rings is 2. The van der Waals surface area contributed by atoms with Crippen LogP contribution in [0.5, 0.6) is 5.88 Å². The zero-order chi connectivity index (χ0) is 15.7. The van der Waals surface area contributed by atoms with E-state index in [1.165, 1.54) is 12.1 Å².